The van der Waals surface area contributed by atoms with Crippen molar-refractivity contribution in [2.75, 3.05) is 6.61 Å². The zero-order chi connectivity index (χ0) is 20.7. The van der Waals surface area contributed by atoms with Crippen molar-refractivity contribution in [3.8, 4) is 0 Å². The van der Waals surface area contributed by atoms with Crippen LogP contribution in [0.4, 0.5) is 4.39 Å². The average molecular weight is 394 g/mol. The molecule has 0 amide bonds. The summed E-state index contributed by atoms with van der Waals surface area (Å²) in [6.07, 6.45) is 3.69. The minimum atomic E-state index is -1.91. The van der Waals surface area contributed by atoms with Crippen molar-refractivity contribution in [1.29, 1.82) is 0 Å². The fraction of sp³-hybridized carbons (Fsp3) is 0.818. The van der Waals surface area contributed by atoms with E-state index >= 15 is 4.39 Å². The Kier molecular flexibility index (Phi) is 4.29. The number of alkyl halides is 1. The molecular formula is C22H31FO5. The second kappa shape index (κ2) is 5.96. The lowest BCUT2D eigenvalue weighted by molar-refractivity contribution is -0.239. The number of carbonyl (C=O) groups excluding carboxylic acids is 2. The first-order valence-electron chi connectivity index (χ1n) is 10.4. The molecule has 0 aromatic rings. The van der Waals surface area contributed by atoms with E-state index in [1.807, 2.05) is 6.92 Å². The molecule has 0 heterocycles. The molecule has 0 radical (unpaired) electrons. The summed E-state index contributed by atoms with van der Waals surface area (Å²) in [7, 11) is 0. The van der Waals surface area contributed by atoms with Crippen LogP contribution in [0, 0.1) is 34.5 Å². The van der Waals surface area contributed by atoms with Gasteiger partial charge in [0, 0.05) is 17.3 Å². The van der Waals surface area contributed by atoms with Crippen molar-refractivity contribution in [1.82, 2.24) is 0 Å². The number of Topliss-reactive ketones (excluding diaryl/α,β-unsaturated/α-hetero) is 1. The predicted molar refractivity (Wildman–Crippen MR) is 100.0 cm³/mol. The Labute approximate surface area is 165 Å². The number of aliphatic hydroxyl groups is 3. The topological polar surface area (TPSA) is 94.8 Å². The third kappa shape index (κ3) is 2.07. The fourth-order valence-electron chi connectivity index (χ4n) is 7.69. The largest absolute Gasteiger partial charge is 0.390 e. The van der Waals surface area contributed by atoms with Crippen molar-refractivity contribution in [2.24, 2.45) is 34.5 Å². The van der Waals surface area contributed by atoms with Gasteiger partial charge in [0.2, 0.25) is 0 Å². The molecule has 4 aliphatic carbocycles. The van der Waals surface area contributed by atoms with Gasteiger partial charge >= 0.3 is 0 Å². The molecule has 3 N–H and O–H groups in total. The van der Waals surface area contributed by atoms with Crippen LogP contribution < -0.4 is 0 Å². The van der Waals surface area contributed by atoms with Crippen LogP contribution in [0.3, 0.4) is 0 Å². The molecule has 9 atom stereocenters. The summed E-state index contributed by atoms with van der Waals surface area (Å²) < 4.78 is 16.9. The number of carbonyl (C=O) groups is 2. The van der Waals surface area contributed by atoms with Gasteiger partial charge in [0.1, 0.15) is 17.9 Å². The van der Waals surface area contributed by atoms with E-state index in [9.17, 15) is 24.9 Å². The highest BCUT2D eigenvalue weighted by atomic mass is 19.1. The molecule has 0 aromatic heterocycles. The summed E-state index contributed by atoms with van der Waals surface area (Å²) in [6.45, 7) is 4.58. The van der Waals surface area contributed by atoms with Gasteiger partial charge in [-0.2, -0.15) is 0 Å². The molecule has 3 saturated carbocycles. The summed E-state index contributed by atoms with van der Waals surface area (Å²) in [4.78, 5) is 24.5. The highest BCUT2D eigenvalue weighted by Gasteiger charge is 2.76. The molecule has 156 valence electrons. The first kappa shape index (κ1) is 20.2. The number of allylic oxidation sites excluding steroid dienone is 2. The summed E-state index contributed by atoms with van der Waals surface area (Å²) in [5, 5.41) is 32.0. The quantitative estimate of drug-likeness (QED) is 0.666. The van der Waals surface area contributed by atoms with Gasteiger partial charge in [0.15, 0.2) is 11.6 Å². The number of fused-ring (bicyclic) bond motifs is 5. The van der Waals surface area contributed by atoms with Gasteiger partial charge in [-0.25, -0.2) is 4.39 Å². The van der Waals surface area contributed by atoms with Gasteiger partial charge in [-0.1, -0.05) is 26.8 Å². The van der Waals surface area contributed by atoms with E-state index in [0.29, 0.717) is 25.7 Å². The lowest BCUT2D eigenvalue weighted by Crippen LogP contribution is -2.70. The Hall–Kier alpha value is -1.11. The van der Waals surface area contributed by atoms with Crippen LogP contribution in [-0.2, 0) is 9.59 Å². The summed E-state index contributed by atoms with van der Waals surface area (Å²) in [5.41, 5.74) is -5.63. The van der Waals surface area contributed by atoms with E-state index in [1.54, 1.807) is 19.9 Å². The highest BCUT2D eigenvalue weighted by Crippen LogP contribution is 2.71. The third-order valence-electron chi connectivity index (χ3n) is 9.27. The van der Waals surface area contributed by atoms with Crippen LogP contribution in [0.5, 0.6) is 0 Å². The van der Waals surface area contributed by atoms with Crippen molar-refractivity contribution in [3.63, 3.8) is 0 Å². The maximum Gasteiger partial charge on any atom is 0.190 e. The first-order chi connectivity index (χ1) is 13.0. The molecule has 4 rings (SSSR count). The maximum absolute atomic E-state index is 16.9. The van der Waals surface area contributed by atoms with Crippen LogP contribution in [0.1, 0.15) is 52.9 Å². The van der Waals surface area contributed by atoms with Crippen LogP contribution in [0.15, 0.2) is 12.2 Å². The molecule has 1 unspecified atom stereocenters. The lowest BCUT2D eigenvalue weighted by Gasteiger charge is -2.64. The molecule has 5 nitrogen and oxygen atoms in total. The number of rotatable bonds is 2. The SMILES string of the molecule is C[C@H]1C[C@H]2[C@@H]3CCC4CC(=O)C=C[C@]4(C)[C@@]3(F)[C@@H](O)C[C@]2(C)[C@@]1(O)C(=O)CO. The van der Waals surface area contributed by atoms with Gasteiger partial charge in [0.25, 0.3) is 0 Å². The zero-order valence-electron chi connectivity index (χ0n) is 16.8. The Morgan fingerprint density at radius 3 is 2.61 bits per heavy atom. The Morgan fingerprint density at radius 2 is 1.96 bits per heavy atom. The Balaban J connectivity index is 1.82. The van der Waals surface area contributed by atoms with Crippen molar-refractivity contribution < 1.29 is 29.3 Å². The minimum absolute atomic E-state index is 0.00271. The minimum Gasteiger partial charge on any atom is -0.390 e. The molecule has 6 heteroatoms. The number of ketones is 2. The van der Waals surface area contributed by atoms with Crippen molar-refractivity contribution in [3.05, 3.63) is 12.2 Å². The van der Waals surface area contributed by atoms with Crippen LogP contribution in [-0.4, -0.2) is 50.9 Å². The number of hydrogen-bond donors (Lipinski definition) is 3. The molecule has 0 saturated heterocycles. The fourth-order valence-corrected chi connectivity index (χ4v) is 7.69. The average Bonchev–Trinajstić information content (AvgIpc) is 2.84. The summed E-state index contributed by atoms with van der Waals surface area (Å²) >= 11 is 0. The van der Waals surface area contributed by atoms with E-state index in [0.717, 1.165) is 0 Å². The summed E-state index contributed by atoms with van der Waals surface area (Å²) in [6, 6.07) is 0. The van der Waals surface area contributed by atoms with Gasteiger partial charge in [-0.05, 0) is 55.4 Å². The number of halogens is 1. The number of aliphatic hydroxyl groups excluding tert-OH is 2. The second-order valence-electron chi connectivity index (χ2n) is 10.2. The third-order valence-corrected chi connectivity index (χ3v) is 9.27. The molecule has 0 aromatic carbocycles. The molecule has 3 fully saturated rings. The van der Waals surface area contributed by atoms with Crippen LogP contribution in [0.25, 0.3) is 0 Å². The Morgan fingerprint density at radius 1 is 1.29 bits per heavy atom. The van der Waals surface area contributed by atoms with E-state index in [2.05, 4.69) is 0 Å². The normalized spacial score (nSPS) is 55.4. The Bertz CT molecular complexity index is 751. The number of hydrogen-bond acceptors (Lipinski definition) is 5. The van der Waals surface area contributed by atoms with Crippen molar-refractivity contribution >= 4 is 11.6 Å². The first-order valence-corrected chi connectivity index (χ1v) is 10.4. The monoisotopic (exact) mass is 394 g/mol. The van der Waals surface area contributed by atoms with E-state index in [-0.39, 0.29) is 24.0 Å². The predicted octanol–water partition coefficient (Wildman–Crippen LogP) is 1.98. The molecular weight excluding hydrogens is 363 g/mol. The molecule has 4 aliphatic rings. The molecule has 0 aliphatic heterocycles. The highest BCUT2D eigenvalue weighted by molar-refractivity contribution is 5.91. The summed E-state index contributed by atoms with van der Waals surface area (Å²) in [5.74, 6) is -2.01. The molecule has 0 spiro atoms. The van der Waals surface area contributed by atoms with E-state index in [4.69, 9.17) is 0 Å². The molecule has 28 heavy (non-hydrogen) atoms. The second-order valence-corrected chi connectivity index (χ2v) is 10.2. The lowest BCUT2D eigenvalue weighted by atomic mass is 9.43. The van der Waals surface area contributed by atoms with E-state index in [1.165, 1.54) is 6.08 Å². The smallest absolute Gasteiger partial charge is 0.190 e. The van der Waals surface area contributed by atoms with Gasteiger partial charge in [-0.15, -0.1) is 0 Å². The molecule has 0 bridgehead atoms. The van der Waals surface area contributed by atoms with Gasteiger partial charge in [0.05, 0.1) is 6.10 Å². The van der Waals surface area contributed by atoms with Crippen LogP contribution in [0.2, 0.25) is 0 Å². The zero-order valence-corrected chi connectivity index (χ0v) is 16.8. The van der Waals surface area contributed by atoms with Gasteiger partial charge in [-0.3, -0.25) is 9.59 Å². The maximum atomic E-state index is 16.9. The van der Waals surface area contributed by atoms with Crippen molar-refractivity contribution in [2.45, 2.75) is 70.2 Å². The van der Waals surface area contributed by atoms with E-state index < -0.39 is 52.4 Å². The van der Waals surface area contributed by atoms with Gasteiger partial charge < -0.3 is 15.3 Å². The standard InChI is InChI=1S/C22H31FO5/c1-12-8-16-15-5-4-13-9-14(25)6-7-19(13,2)21(15,23)17(26)10-20(16,3)22(12,28)18(27)11-24/h6-7,12-13,15-17,24,26,28H,4-5,8-11H2,1-3H3/t12-,13?,15-,16-,17-,19-,20-,21-,22-/m0/s1. The van der Waals surface area contributed by atoms with Crippen LogP contribution >= 0.6 is 0 Å².